The minimum Gasteiger partial charge on any atom is -0.491 e. The Labute approximate surface area is 203 Å². The third kappa shape index (κ3) is 4.65. The number of imidazole rings is 1. The van der Waals surface area contributed by atoms with E-state index in [4.69, 9.17) is 21.3 Å². The number of aliphatic hydroxyl groups is 1. The Bertz CT molecular complexity index is 1320. The molecule has 5 rings (SSSR count). The monoisotopic (exact) mass is 475 g/mol. The van der Waals surface area contributed by atoms with E-state index >= 15 is 0 Å². The number of nitrogens with zero attached hydrogens (tertiary/aromatic N) is 3. The van der Waals surface area contributed by atoms with Gasteiger partial charge >= 0.3 is 0 Å². The summed E-state index contributed by atoms with van der Waals surface area (Å²) in [6, 6.07) is 22.9. The van der Waals surface area contributed by atoms with Crippen LogP contribution in [0.3, 0.4) is 0 Å². The maximum atomic E-state index is 12.9. The quantitative estimate of drug-likeness (QED) is 0.410. The van der Waals surface area contributed by atoms with Crippen molar-refractivity contribution in [3.05, 3.63) is 89.2 Å². The molecular weight excluding hydrogens is 450 g/mol. The Kier molecular flexibility index (Phi) is 6.26. The first-order valence-electron chi connectivity index (χ1n) is 11.4. The molecule has 0 aliphatic carbocycles. The van der Waals surface area contributed by atoms with Crippen LogP contribution in [0.15, 0.2) is 72.8 Å². The molecule has 1 saturated heterocycles. The summed E-state index contributed by atoms with van der Waals surface area (Å²) < 4.78 is 7.78. The number of ether oxygens (including phenoxy) is 1. The first kappa shape index (κ1) is 22.4. The van der Waals surface area contributed by atoms with Crippen LogP contribution in [0.4, 0.5) is 5.69 Å². The van der Waals surface area contributed by atoms with Crippen LogP contribution in [-0.4, -0.2) is 39.8 Å². The number of benzene rings is 3. The number of aliphatic hydroxyl groups excluding tert-OH is 1. The number of aromatic nitrogens is 2. The Morgan fingerprint density at radius 2 is 1.91 bits per heavy atom. The van der Waals surface area contributed by atoms with Crippen LogP contribution in [0, 0.1) is 6.92 Å². The number of para-hydroxylation sites is 2. The molecule has 1 N–H and O–H groups in total. The summed E-state index contributed by atoms with van der Waals surface area (Å²) >= 11 is 5.93. The van der Waals surface area contributed by atoms with Gasteiger partial charge in [0.15, 0.2) is 0 Å². The number of carbonyl (C=O) groups is 1. The van der Waals surface area contributed by atoms with Gasteiger partial charge in [0.25, 0.3) is 0 Å². The summed E-state index contributed by atoms with van der Waals surface area (Å²) in [5.74, 6) is 1.48. The predicted octanol–water partition coefficient (Wildman–Crippen LogP) is 4.96. The molecule has 0 spiro atoms. The van der Waals surface area contributed by atoms with Crippen LogP contribution in [0.2, 0.25) is 5.02 Å². The average Bonchev–Trinajstić information content (AvgIpc) is 3.39. The molecular formula is C27H26ClN3O3. The fourth-order valence-electron chi connectivity index (χ4n) is 4.51. The van der Waals surface area contributed by atoms with E-state index in [9.17, 15) is 9.90 Å². The SMILES string of the molecule is Cc1cccc(N2CC(c3nc4ccccc4n3CC(O)COc3ccc(Cl)cc3)CC2=O)c1. The number of carbonyl (C=O) groups excluding carboxylic acids is 1. The standard InChI is InChI=1S/C27H26ClN3O3/c1-18-5-4-6-21(13-18)30-15-19(14-26(30)33)27-29-24-7-2-3-8-25(24)31(27)16-22(32)17-34-23-11-9-20(28)10-12-23/h2-13,19,22,32H,14-17H2,1H3. The van der Waals surface area contributed by atoms with E-state index in [1.165, 1.54) is 0 Å². The number of hydrogen-bond donors (Lipinski definition) is 1. The minimum absolute atomic E-state index is 0.0650. The number of anilines is 1. The van der Waals surface area contributed by atoms with Gasteiger partial charge in [-0.2, -0.15) is 0 Å². The van der Waals surface area contributed by atoms with Crippen molar-refractivity contribution in [2.24, 2.45) is 0 Å². The smallest absolute Gasteiger partial charge is 0.227 e. The molecule has 6 nitrogen and oxygen atoms in total. The Hall–Kier alpha value is -3.35. The highest BCUT2D eigenvalue weighted by Crippen LogP contribution is 2.33. The molecule has 34 heavy (non-hydrogen) atoms. The highest BCUT2D eigenvalue weighted by atomic mass is 35.5. The van der Waals surface area contributed by atoms with Gasteiger partial charge in [-0.05, 0) is 61.0 Å². The molecule has 7 heteroatoms. The van der Waals surface area contributed by atoms with Crippen molar-refractivity contribution in [2.75, 3.05) is 18.1 Å². The van der Waals surface area contributed by atoms with E-state index in [1.54, 1.807) is 24.3 Å². The number of aryl methyl sites for hydroxylation is 1. The summed E-state index contributed by atoms with van der Waals surface area (Å²) in [6.07, 6.45) is -0.369. The molecule has 2 unspecified atom stereocenters. The molecule has 1 aromatic heterocycles. The van der Waals surface area contributed by atoms with Crippen LogP contribution < -0.4 is 9.64 Å². The second-order valence-electron chi connectivity index (χ2n) is 8.73. The van der Waals surface area contributed by atoms with E-state index in [0.29, 0.717) is 30.3 Å². The summed E-state index contributed by atoms with van der Waals surface area (Å²) in [5.41, 5.74) is 3.81. The van der Waals surface area contributed by atoms with Gasteiger partial charge in [-0.25, -0.2) is 4.98 Å². The van der Waals surface area contributed by atoms with E-state index in [1.807, 2.05) is 64.9 Å². The first-order chi connectivity index (χ1) is 16.5. The number of fused-ring (bicyclic) bond motifs is 1. The molecule has 1 aliphatic heterocycles. The van der Waals surface area contributed by atoms with Gasteiger partial charge in [-0.1, -0.05) is 35.9 Å². The van der Waals surface area contributed by atoms with Crippen LogP contribution in [-0.2, 0) is 11.3 Å². The van der Waals surface area contributed by atoms with Crippen LogP contribution in [0.1, 0.15) is 23.7 Å². The van der Waals surface area contributed by atoms with Crippen LogP contribution in [0.25, 0.3) is 11.0 Å². The third-order valence-corrected chi connectivity index (χ3v) is 6.39. The van der Waals surface area contributed by atoms with Gasteiger partial charge in [0, 0.05) is 29.6 Å². The van der Waals surface area contributed by atoms with Crippen molar-refractivity contribution in [3.63, 3.8) is 0 Å². The zero-order valence-corrected chi connectivity index (χ0v) is 19.7. The van der Waals surface area contributed by atoms with E-state index in [2.05, 4.69) is 0 Å². The van der Waals surface area contributed by atoms with Crippen molar-refractivity contribution in [2.45, 2.75) is 31.9 Å². The summed E-state index contributed by atoms with van der Waals surface area (Å²) in [6.45, 7) is 3.03. The molecule has 0 radical (unpaired) electrons. The van der Waals surface area contributed by atoms with Crippen molar-refractivity contribution in [3.8, 4) is 5.75 Å². The molecule has 2 heterocycles. The Morgan fingerprint density at radius 3 is 2.71 bits per heavy atom. The van der Waals surface area contributed by atoms with Gasteiger partial charge in [0.2, 0.25) is 5.91 Å². The minimum atomic E-state index is -0.753. The third-order valence-electron chi connectivity index (χ3n) is 6.14. The summed E-state index contributed by atoms with van der Waals surface area (Å²) in [5, 5.41) is 11.4. The molecule has 3 aromatic carbocycles. The lowest BCUT2D eigenvalue weighted by molar-refractivity contribution is -0.117. The highest BCUT2D eigenvalue weighted by Gasteiger charge is 2.35. The van der Waals surface area contributed by atoms with Gasteiger partial charge in [-0.15, -0.1) is 0 Å². The van der Waals surface area contributed by atoms with E-state index < -0.39 is 6.10 Å². The fraction of sp³-hybridized carbons (Fsp3) is 0.259. The van der Waals surface area contributed by atoms with Crippen molar-refractivity contribution < 1.29 is 14.6 Å². The number of halogens is 1. The van der Waals surface area contributed by atoms with Crippen molar-refractivity contribution >= 4 is 34.2 Å². The predicted molar refractivity (Wildman–Crippen MR) is 134 cm³/mol. The molecule has 1 fully saturated rings. The molecule has 0 saturated carbocycles. The largest absolute Gasteiger partial charge is 0.491 e. The summed E-state index contributed by atoms with van der Waals surface area (Å²) in [4.78, 5) is 19.6. The van der Waals surface area contributed by atoms with Gasteiger partial charge in [-0.3, -0.25) is 4.79 Å². The second-order valence-corrected chi connectivity index (χ2v) is 9.17. The fourth-order valence-corrected chi connectivity index (χ4v) is 4.64. The first-order valence-corrected chi connectivity index (χ1v) is 11.7. The van der Waals surface area contributed by atoms with Crippen LogP contribution >= 0.6 is 11.6 Å². The maximum absolute atomic E-state index is 12.9. The zero-order valence-electron chi connectivity index (χ0n) is 18.9. The van der Waals surface area contributed by atoms with Gasteiger partial charge in [0.05, 0.1) is 17.6 Å². The van der Waals surface area contributed by atoms with Crippen LogP contribution in [0.5, 0.6) is 5.75 Å². The second kappa shape index (κ2) is 9.49. The highest BCUT2D eigenvalue weighted by molar-refractivity contribution is 6.30. The normalized spacial score (nSPS) is 16.9. The zero-order chi connectivity index (χ0) is 23.7. The lowest BCUT2D eigenvalue weighted by Gasteiger charge is -2.19. The lowest BCUT2D eigenvalue weighted by atomic mass is 10.1. The molecule has 1 aliphatic rings. The Morgan fingerprint density at radius 1 is 1.12 bits per heavy atom. The van der Waals surface area contributed by atoms with E-state index in [-0.39, 0.29) is 18.4 Å². The number of hydrogen-bond acceptors (Lipinski definition) is 4. The van der Waals surface area contributed by atoms with Crippen molar-refractivity contribution in [1.82, 2.24) is 9.55 Å². The maximum Gasteiger partial charge on any atom is 0.227 e. The number of amides is 1. The molecule has 1 amide bonds. The van der Waals surface area contributed by atoms with Crippen molar-refractivity contribution in [1.29, 1.82) is 0 Å². The number of rotatable bonds is 7. The molecule has 174 valence electrons. The van der Waals surface area contributed by atoms with Gasteiger partial charge < -0.3 is 19.3 Å². The molecule has 4 aromatic rings. The molecule has 0 bridgehead atoms. The lowest BCUT2D eigenvalue weighted by Crippen LogP contribution is -2.26. The Balaban J connectivity index is 1.38. The van der Waals surface area contributed by atoms with E-state index in [0.717, 1.165) is 28.1 Å². The summed E-state index contributed by atoms with van der Waals surface area (Å²) in [7, 11) is 0. The average molecular weight is 476 g/mol. The van der Waals surface area contributed by atoms with Gasteiger partial charge in [0.1, 0.15) is 24.3 Å². The molecule has 2 atom stereocenters. The topological polar surface area (TPSA) is 67.6 Å².